The molecule has 0 saturated heterocycles. The molecule has 30 heavy (non-hydrogen) atoms. The third-order valence-corrected chi connectivity index (χ3v) is 4.44. The Morgan fingerprint density at radius 2 is 1.90 bits per heavy atom. The molecule has 0 spiro atoms. The van der Waals surface area contributed by atoms with Crippen molar-refractivity contribution in [1.29, 1.82) is 0 Å². The molecule has 0 atom stereocenters. The quantitative estimate of drug-likeness (QED) is 0.515. The van der Waals surface area contributed by atoms with Crippen LogP contribution in [0.2, 0.25) is 0 Å². The highest BCUT2D eigenvalue weighted by Crippen LogP contribution is 2.32. The van der Waals surface area contributed by atoms with Crippen LogP contribution in [0.1, 0.15) is 21.6 Å². The van der Waals surface area contributed by atoms with Crippen molar-refractivity contribution in [3.8, 4) is 11.5 Å². The van der Waals surface area contributed by atoms with Gasteiger partial charge in [-0.2, -0.15) is 0 Å². The lowest BCUT2D eigenvalue weighted by Crippen LogP contribution is -2.36. The zero-order valence-corrected chi connectivity index (χ0v) is 16.6. The standard InChI is InChI=1S/C23H22N4O3/c1-16-5-4-6-17(13-16)22(28)27-23(25-15-19-7-2-3-10-24-19)26-18-8-9-20-21(14-18)30-12-11-29-20/h2-10,13-14H,11-12,15H2,1H3,(H2,25,26,27,28). The first kappa shape index (κ1) is 19.4. The van der Waals surface area contributed by atoms with Crippen LogP contribution in [0.25, 0.3) is 0 Å². The molecule has 7 heteroatoms. The van der Waals surface area contributed by atoms with Gasteiger partial charge in [-0.3, -0.25) is 15.1 Å². The van der Waals surface area contributed by atoms with Gasteiger partial charge in [0.15, 0.2) is 11.5 Å². The highest BCUT2D eigenvalue weighted by atomic mass is 16.6. The fourth-order valence-corrected chi connectivity index (χ4v) is 2.99. The average Bonchev–Trinajstić information content (AvgIpc) is 2.78. The monoisotopic (exact) mass is 402 g/mol. The first-order chi connectivity index (χ1) is 14.7. The molecule has 4 rings (SSSR count). The van der Waals surface area contributed by atoms with Gasteiger partial charge in [-0.15, -0.1) is 0 Å². The molecule has 1 amide bonds. The number of aromatic nitrogens is 1. The Labute approximate surface area is 174 Å². The number of nitrogens with one attached hydrogen (secondary N) is 2. The second-order valence-corrected chi connectivity index (χ2v) is 6.79. The lowest BCUT2D eigenvalue weighted by molar-refractivity contribution is 0.0977. The molecule has 0 fully saturated rings. The van der Waals surface area contributed by atoms with E-state index in [2.05, 4.69) is 20.6 Å². The third kappa shape index (κ3) is 4.94. The van der Waals surface area contributed by atoms with E-state index in [0.29, 0.717) is 42.8 Å². The largest absolute Gasteiger partial charge is 0.486 e. The predicted molar refractivity (Wildman–Crippen MR) is 115 cm³/mol. The summed E-state index contributed by atoms with van der Waals surface area (Å²) in [6.07, 6.45) is 1.71. The number of hydrogen-bond donors (Lipinski definition) is 2. The van der Waals surface area contributed by atoms with E-state index in [4.69, 9.17) is 9.47 Å². The summed E-state index contributed by atoms with van der Waals surface area (Å²) >= 11 is 0. The van der Waals surface area contributed by atoms with E-state index in [-0.39, 0.29) is 5.91 Å². The molecule has 2 aromatic carbocycles. The van der Waals surface area contributed by atoms with Crippen LogP contribution in [0.15, 0.2) is 71.9 Å². The fraction of sp³-hybridized carbons (Fsp3) is 0.174. The Kier molecular flexibility index (Phi) is 5.89. The normalized spacial score (nSPS) is 12.9. The summed E-state index contributed by atoms with van der Waals surface area (Å²) in [5, 5.41) is 6.03. The van der Waals surface area contributed by atoms with Crippen molar-refractivity contribution in [2.24, 2.45) is 4.99 Å². The molecule has 1 aliphatic rings. The number of rotatable bonds is 4. The van der Waals surface area contributed by atoms with Crippen molar-refractivity contribution >= 4 is 17.6 Å². The van der Waals surface area contributed by atoms with E-state index < -0.39 is 0 Å². The molecule has 0 bridgehead atoms. The number of anilines is 1. The molecule has 3 aromatic rings. The van der Waals surface area contributed by atoms with E-state index in [1.807, 2.05) is 61.5 Å². The second kappa shape index (κ2) is 9.09. The number of hydrogen-bond acceptors (Lipinski definition) is 5. The van der Waals surface area contributed by atoms with Crippen molar-refractivity contribution in [3.63, 3.8) is 0 Å². The van der Waals surface area contributed by atoms with Crippen LogP contribution in [0, 0.1) is 6.92 Å². The minimum atomic E-state index is -0.247. The van der Waals surface area contributed by atoms with Crippen LogP contribution in [-0.2, 0) is 6.54 Å². The van der Waals surface area contributed by atoms with Gasteiger partial charge in [0.2, 0.25) is 5.96 Å². The fourth-order valence-electron chi connectivity index (χ4n) is 2.99. The molecule has 2 heterocycles. The smallest absolute Gasteiger partial charge is 0.257 e. The SMILES string of the molecule is Cc1cccc(C(=O)NC(=NCc2ccccn2)Nc2ccc3c(c2)OCCO3)c1. The van der Waals surface area contributed by atoms with E-state index in [1.165, 1.54) is 0 Å². The molecule has 0 aliphatic carbocycles. The van der Waals surface area contributed by atoms with Gasteiger partial charge in [0, 0.05) is 23.5 Å². The lowest BCUT2D eigenvalue weighted by atomic mass is 10.1. The number of carbonyl (C=O) groups is 1. The Morgan fingerprint density at radius 1 is 1.03 bits per heavy atom. The predicted octanol–water partition coefficient (Wildman–Crippen LogP) is 3.56. The first-order valence-electron chi connectivity index (χ1n) is 9.66. The van der Waals surface area contributed by atoms with Crippen LogP contribution in [0.5, 0.6) is 11.5 Å². The van der Waals surface area contributed by atoms with Crippen LogP contribution >= 0.6 is 0 Å². The summed E-state index contributed by atoms with van der Waals surface area (Å²) in [7, 11) is 0. The van der Waals surface area contributed by atoms with Crippen LogP contribution < -0.4 is 20.1 Å². The summed E-state index contributed by atoms with van der Waals surface area (Å²) in [4.78, 5) is 21.6. The molecular formula is C23H22N4O3. The number of nitrogens with zero attached hydrogens (tertiary/aromatic N) is 2. The Bertz CT molecular complexity index is 1070. The molecule has 0 unspecified atom stereocenters. The molecular weight excluding hydrogens is 380 g/mol. The number of fused-ring (bicyclic) bond motifs is 1. The maximum Gasteiger partial charge on any atom is 0.257 e. The number of amides is 1. The lowest BCUT2D eigenvalue weighted by Gasteiger charge is -2.19. The van der Waals surface area contributed by atoms with Gasteiger partial charge in [-0.25, -0.2) is 4.99 Å². The van der Waals surface area contributed by atoms with Crippen LogP contribution in [0.3, 0.4) is 0 Å². The van der Waals surface area contributed by atoms with Crippen molar-refractivity contribution in [3.05, 3.63) is 83.7 Å². The van der Waals surface area contributed by atoms with Gasteiger partial charge in [-0.05, 0) is 43.3 Å². The number of ether oxygens (including phenoxy) is 2. The van der Waals surface area contributed by atoms with Crippen LogP contribution in [-0.4, -0.2) is 30.1 Å². The van der Waals surface area contributed by atoms with Crippen molar-refractivity contribution < 1.29 is 14.3 Å². The Morgan fingerprint density at radius 3 is 2.70 bits per heavy atom. The van der Waals surface area contributed by atoms with Crippen LogP contribution in [0.4, 0.5) is 5.69 Å². The molecule has 2 N–H and O–H groups in total. The first-order valence-corrected chi connectivity index (χ1v) is 9.66. The maximum atomic E-state index is 12.7. The molecule has 0 radical (unpaired) electrons. The molecule has 152 valence electrons. The van der Waals surface area contributed by atoms with Gasteiger partial charge >= 0.3 is 0 Å². The second-order valence-electron chi connectivity index (χ2n) is 6.79. The Balaban J connectivity index is 1.55. The van der Waals surface area contributed by atoms with Gasteiger partial charge in [0.1, 0.15) is 13.2 Å². The summed E-state index contributed by atoms with van der Waals surface area (Å²) in [5.41, 5.74) is 3.09. The summed E-state index contributed by atoms with van der Waals surface area (Å²) in [6.45, 7) is 3.30. The molecule has 0 saturated carbocycles. The minimum Gasteiger partial charge on any atom is -0.486 e. The number of aryl methyl sites for hydroxylation is 1. The van der Waals surface area contributed by atoms with E-state index >= 15 is 0 Å². The van der Waals surface area contributed by atoms with Gasteiger partial charge in [0.25, 0.3) is 5.91 Å². The molecule has 1 aliphatic heterocycles. The third-order valence-electron chi connectivity index (χ3n) is 4.44. The zero-order valence-electron chi connectivity index (χ0n) is 16.6. The van der Waals surface area contributed by atoms with Gasteiger partial charge in [-0.1, -0.05) is 23.8 Å². The number of benzene rings is 2. The van der Waals surface area contributed by atoms with E-state index in [0.717, 1.165) is 16.9 Å². The number of carbonyl (C=O) groups excluding carboxylic acids is 1. The Hall–Kier alpha value is -3.87. The minimum absolute atomic E-state index is 0.247. The maximum absolute atomic E-state index is 12.7. The highest BCUT2D eigenvalue weighted by Gasteiger charge is 2.14. The summed E-state index contributed by atoms with van der Waals surface area (Å²) in [6, 6.07) is 18.5. The summed E-state index contributed by atoms with van der Waals surface area (Å²) in [5.74, 6) is 1.43. The average molecular weight is 402 g/mol. The van der Waals surface area contributed by atoms with E-state index in [1.54, 1.807) is 12.3 Å². The van der Waals surface area contributed by atoms with Gasteiger partial charge in [0.05, 0.1) is 12.2 Å². The summed E-state index contributed by atoms with van der Waals surface area (Å²) < 4.78 is 11.2. The molecule has 1 aromatic heterocycles. The van der Waals surface area contributed by atoms with Crippen molar-refractivity contribution in [2.75, 3.05) is 18.5 Å². The number of guanidine groups is 1. The van der Waals surface area contributed by atoms with Crippen molar-refractivity contribution in [1.82, 2.24) is 10.3 Å². The van der Waals surface area contributed by atoms with Gasteiger partial charge < -0.3 is 14.8 Å². The van der Waals surface area contributed by atoms with E-state index in [9.17, 15) is 4.79 Å². The zero-order chi connectivity index (χ0) is 20.8. The topological polar surface area (TPSA) is 84.8 Å². The number of aliphatic imine (C=N–C) groups is 1. The molecule has 7 nitrogen and oxygen atoms in total. The number of pyridine rings is 1. The van der Waals surface area contributed by atoms with Crippen molar-refractivity contribution in [2.45, 2.75) is 13.5 Å². The highest BCUT2D eigenvalue weighted by molar-refractivity contribution is 6.10.